The Hall–Kier alpha value is -1.51. The van der Waals surface area contributed by atoms with E-state index in [4.69, 9.17) is 0 Å². The quantitative estimate of drug-likeness (QED) is 0.410. The molecule has 6 nitrogen and oxygen atoms in total. The van der Waals surface area contributed by atoms with Crippen LogP contribution in [-0.4, -0.2) is 63.1 Å². The number of amides is 1. The van der Waals surface area contributed by atoms with Crippen LogP contribution in [0.3, 0.4) is 0 Å². The third-order valence-electron chi connectivity index (χ3n) is 3.89. The molecule has 1 aromatic rings. The summed E-state index contributed by atoms with van der Waals surface area (Å²) in [6, 6.07) is 10.4. The van der Waals surface area contributed by atoms with Crippen molar-refractivity contribution >= 4 is 41.5 Å². The molecule has 0 saturated carbocycles. The molecule has 1 fully saturated rings. The summed E-state index contributed by atoms with van der Waals surface area (Å²) in [6.07, 6.45) is 0.946. The highest BCUT2D eigenvalue weighted by Gasteiger charge is 2.19. The summed E-state index contributed by atoms with van der Waals surface area (Å²) in [4.78, 5) is 20.6. The maximum atomic E-state index is 11.7. The molecule has 0 unspecified atom stereocenters. The molecule has 0 atom stereocenters. The minimum absolute atomic E-state index is 0. The van der Waals surface area contributed by atoms with E-state index in [9.17, 15) is 4.79 Å². The molecular formula is C17H28IN5O. The molecule has 134 valence electrons. The number of guanidine groups is 1. The maximum Gasteiger partial charge on any atom is 0.239 e. The minimum Gasteiger partial charge on any atom is -0.368 e. The van der Waals surface area contributed by atoms with E-state index in [2.05, 4.69) is 49.7 Å². The number of nitrogens with one attached hydrogen (secondary N) is 2. The molecule has 1 aliphatic heterocycles. The second-order valence-electron chi connectivity index (χ2n) is 5.56. The van der Waals surface area contributed by atoms with Crippen molar-refractivity contribution < 1.29 is 4.79 Å². The van der Waals surface area contributed by atoms with Gasteiger partial charge in [0.2, 0.25) is 5.91 Å². The molecule has 0 spiro atoms. The summed E-state index contributed by atoms with van der Waals surface area (Å²) in [7, 11) is 1.76. The van der Waals surface area contributed by atoms with Gasteiger partial charge in [0.1, 0.15) is 0 Å². The van der Waals surface area contributed by atoms with Gasteiger partial charge in [-0.2, -0.15) is 0 Å². The van der Waals surface area contributed by atoms with Crippen LogP contribution in [0.2, 0.25) is 0 Å². The van der Waals surface area contributed by atoms with Crippen LogP contribution < -0.4 is 15.5 Å². The third-order valence-corrected chi connectivity index (χ3v) is 3.89. The summed E-state index contributed by atoms with van der Waals surface area (Å²) < 4.78 is 0. The Morgan fingerprint density at radius 2 is 1.79 bits per heavy atom. The first-order valence-electron chi connectivity index (χ1n) is 8.27. The van der Waals surface area contributed by atoms with Crippen LogP contribution in [0.4, 0.5) is 5.69 Å². The zero-order valence-corrected chi connectivity index (χ0v) is 16.8. The molecule has 7 heteroatoms. The molecule has 1 aliphatic rings. The fourth-order valence-electron chi connectivity index (χ4n) is 2.63. The number of carbonyl (C=O) groups is 1. The molecule has 24 heavy (non-hydrogen) atoms. The molecule has 1 amide bonds. The molecule has 2 N–H and O–H groups in total. The second-order valence-corrected chi connectivity index (χ2v) is 5.56. The summed E-state index contributed by atoms with van der Waals surface area (Å²) in [5.41, 5.74) is 1.26. The normalized spacial score (nSPS) is 14.8. The number of rotatable bonds is 5. The topological polar surface area (TPSA) is 60.0 Å². The molecule has 0 aromatic heterocycles. The molecule has 1 aromatic carbocycles. The van der Waals surface area contributed by atoms with Gasteiger partial charge in [0.25, 0.3) is 0 Å². The Morgan fingerprint density at radius 1 is 1.12 bits per heavy atom. The van der Waals surface area contributed by atoms with Crippen molar-refractivity contribution in [2.45, 2.75) is 13.3 Å². The molecule has 1 heterocycles. The Morgan fingerprint density at radius 3 is 2.38 bits per heavy atom. The average molecular weight is 445 g/mol. The predicted molar refractivity (Wildman–Crippen MR) is 110 cm³/mol. The smallest absolute Gasteiger partial charge is 0.239 e. The van der Waals surface area contributed by atoms with Crippen molar-refractivity contribution in [2.24, 2.45) is 4.99 Å². The van der Waals surface area contributed by atoms with E-state index in [1.165, 1.54) is 5.69 Å². The van der Waals surface area contributed by atoms with Crippen molar-refractivity contribution in [3.8, 4) is 0 Å². The van der Waals surface area contributed by atoms with E-state index >= 15 is 0 Å². The number of para-hydroxylation sites is 1. The minimum atomic E-state index is 0. The van der Waals surface area contributed by atoms with Crippen LogP contribution in [0.15, 0.2) is 35.3 Å². The van der Waals surface area contributed by atoms with Crippen molar-refractivity contribution in [1.29, 1.82) is 0 Å². The summed E-state index contributed by atoms with van der Waals surface area (Å²) in [5, 5.41) is 6.01. The van der Waals surface area contributed by atoms with Crippen LogP contribution in [0.1, 0.15) is 13.3 Å². The lowest BCUT2D eigenvalue weighted by Gasteiger charge is -2.37. The van der Waals surface area contributed by atoms with Gasteiger partial charge in [-0.15, -0.1) is 24.0 Å². The van der Waals surface area contributed by atoms with Gasteiger partial charge in [0.05, 0.1) is 6.54 Å². The summed E-state index contributed by atoms with van der Waals surface area (Å²) >= 11 is 0. The lowest BCUT2D eigenvalue weighted by Crippen LogP contribution is -2.53. The van der Waals surface area contributed by atoms with Crippen LogP contribution in [0.5, 0.6) is 0 Å². The lowest BCUT2D eigenvalue weighted by molar-refractivity contribution is -0.120. The van der Waals surface area contributed by atoms with Gasteiger partial charge >= 0.3 is 0 Å². The van der Waals surface area contributed by atoms with Crippen molar-refractivity contribution in [3.63, 3.8) is 0 Å². The van der Waals surface area contributed by atoms with E-state index in [0.717, 1.165) is 45.1 Å². The molecule has 0 bridgehead atoms. The predicted octanol–water partition coefficient (Wildman–Crippen LogP) is 1.53. The van der Waals surface area contributed by atoms with E-state index in [1.54, 1.807) is 7.05 Å². The highest BCUT2D eigenvalue weighted by Crippen LogP contribution is 2.15. The van der Waals surface area contributed by atoms with E-state index in [-0.39, 0.29) is 36.4 Å². The summed E-state index contributed by atoms with van der Waals surface area (Å²) in [6.45, 7) is 6.72. The van der Waals surface area contributed by atoms with E-state index < -0.39 is 0 Å². The first-order valence-corrected chi connectivity index (χ1v) is 8.27. The SMILES string of the molecule is CCCNC(=O)CNC(=NC)N1CCN(c2ccccc2)CC1.I. The monoisotopic (exact) mass is 445 g/mol. The number of halogens is 1. The number of nitrogens with zero attached hydrogens (tertiary/aromatic N) is 3. The number of hydrogen-bond acceptors (Lipinski definition) is 3. The van der Waals surface area contributed by atoms with Crippen LogP contribution >= 0.6 is 24.0 Å². The van der Waals surface area contributed by atoms with Crippen LogP contribution in [-0.2, 0) is 4.79 Å². The largest absolute Gasteiger partial charge is 0.368 e. The van der Waals surface area contributed by atoms with Crippen LogP contribution in [0, 0.1) is 0 Å². The molecule has 1 saturated heterocycles. The van der Waals surface area contributed by atoms with Crippen molar-refractivity contribution in [1.82, 2.24) is 15.5 Å². The second kappa shape index (κ2) is 11.1. The van der Waals surface area contributed by atoms with Gasteiger partial charge in [-0.25, -0.2) is 0 Å². The molecule has 0 aliphatic carbocycles. The number of hydrogen-bond donors (Lipinski definition) is 2. The fraction of sp³-hybridized carbons (Fsp3) is 0.529. The third kappa shape index (κ3) is 6.18. The fourth-order valence-corrected chi connectivity index (χ4v) is 2.63. The van der Waals surface area contributed by atoms with E-state index in [0.29, 0.717) is 0 Å². The van der Waals surface area contributed by atoms with Gasteiger partial charge in [-0.1, -0.05) is 25.1 Å². The van der Waals surface area contributed by atoms with Gasteiger partial charge in [-0.05, 0) is 18.6 Å². The summed E-state index contributed by atoms with van der Waals surface area (Å²) in [5.74, 6) is 0.806. The van der Waals surface area contributed by atoms with Crippen LogP contribution in [0.25, 0.3) is 0 Å². The Bertz CT molecular complexity index is 515. The highest BCUT2D eigenvalue weighted by atomic mass is 127. The Balaban J connectivity index is 0.00000288. The van der Waals surface area contributed by atoms with Crippen molar-refractivity contribution in [2.75, 3.05) is 51.2 Å². The van der Waals surface area contributed by atoms with Gasteiger partial charge in [0, 0.05) is 45.5 Å². The first-order chi connectivity index (χ1) is 11.2. The first kappa shape index (κ1) is 20.5. The maximum absolute atomic E-state index is 11.7. The average Bonchev–Trinajstić information content (AvgIpc) is 2.61. The highest BCUT2D eigenvalue weighted by molar-refractivity contribution is 14.0. The van der Waals surface area contributed by atoms with Gasteiger partial charge in [-0.3, -0.25) is 9.79 Å². The molecule has 0 radical (unpaired) electrons. The Labute approximate surface area is 161 Å². The lowest BCUT2D eigenvalue weighted by atomic mass is 10.2. The molecular weight excluding hydrogens is 417 g/mol. The zero-order valence-electron chi connectivity index (χ0n) is 14.5. The number of benzene rings is 1. The molecule has 2 rings (SSSR count). The number of anilines is 1. The number of piperazine rings is 1. The van der Waals surface area contributed by atoms with E-state index in [1.807, 2.05) is 13.0 Å². The van der Waals surface area contributed by atoms with Crippen molar-refractivity contribution in [3.05, 3.63) is 30.3 Å². The number of carbonyl (C=O) groups excluding carboxylic acids is 1. The zero-order chi connectivity index (χ0) is 16.5. The number of aliphatic imine (C=N–C) groups is 1. The Kier molecular flexibility index (Phi) is 9.51. The van der Waals surface area contributed by atoms with Gasteiger partial charge in [0.15, 0.2) is 5.96 Å². The standard InChI is InChI=1S/C17H27N5O.HI/c1-3-9-19-16(23)14-20-17(18-2)22-12-10-21(11-13-22)15-7-5-4-6-8-15;/h4-8H,3,9-14H2,1-2H3,(H,18,20)(H,19,23);1H. The van der Waals surface area contributed by atoms with Gasteiger partial charge < -0.3 is 20.4 Å².